The van der Waals surface area contributed by atoms with Gasteiger partial charge < -0.3 is 9.64 Å². The quantitative estimate of drug-likeness (QED) is 0.427. The van der Waals surface area contributed by atoms with Crippen LogP contribution >= 0.6 is 0 Å². The summed E-state index contributed by atoms with van der Waals surface area (Å²) in [6, 6.07) is 24.2. The van der Waals surface area contributed by atoms with Crippen molar-refractivity contribution in [2.45, 2.75) is 0 Å². The van der Waals surface area contributed by atoms with Crippen LogP contribution in [0, 0.1) is 0 Å². The molecular formula is C23H20N3O+. The molecule has 0 unspecified atom stereocenters. The van der Waals surface area contributed by atoms with Crippen LogP contribution in [-0.2, 0) is 4.74 Å². The zero-order valence-electron chi connectivity index (χ0n) is 15.0. The van der Waals surface area contributed by atoms with Crippen molar-refractivity contribution >= 4 is 38.7 Å². The monoisotopic (exact) mass is 354 g/mol. The number of para-hydroxylation sites is 1. The second-order valence-electron chi connectivity index (χ2n) is 7.19. The fourth-order valence-corrected chi connectivity index (χ4v) is 4.31. The topological polar surface area (TPSA) is 21.0 Å². The zero-order chi connectivity index (χ0) is 17.8. The van der Waals surface area contributed by atoms with Crippen LogP contribution in [0.1, 0.15) is 0 Å². The molecule has 0 N–H and O–H groups in total. The van der Waals surface area contributed by atoms with E-state index in [0.29, 0.717) is 0 Å². The minimum atomic E-state index is 0.809. The highest BCUT2D eigenvalue weighted by Gasteiger charge is 2.18. The molecule has 3 aromatic heterocycles. The molecule has 0 saturated carbocycles. The number of imidazole rings is 1. The van der Waals surface area contributed by atoms with Crippen LogP contribution in [0.4, 0.5) is 5.69 Å². The molecule has 1 aliphatic rings. The van der Waals surface area contributed by atoms with Gasteiger partial charge in [0, 0.05) is 35.6 Å². The average Bonchev–Trinajstić information content (AvgIpc) is 3.13. The molecule has 27 heavy (non-hydrogen) atoms. The summed E-state index contributed by atoms with van der Waals surface area (Å²) in [7, 11) is 0. The van der Waals surface area contributed by atoms with Gasteiger partial charge in [-0.2, -0.15) is 8.80 Å². The van der Waals surface area contributed by atoms with E-state index in [1.807, 2.05) is 0 Å². The number of ether oxygens (including phenoxy) is 1. The summed E-state index contributed by atoms with van der Waals surface area (Å²) in [5.74, 6) is 0. The molecule has 132 valence electrons. The lowest BCUT2D eigenvalue weighted by molar-refractivity contribution is -0.479. The van der Waals surface area contributed by atoms with Gasteiger partial charge in [0.25, 0.3) is 5.65 Å². The normalized spacial score (nSPS) is 15.3. The Kier molecular flexibility index (Phi) is 3.16. The Balaban J connectivity index is 1.62. The molecule has 0 aliphatic carbocycles. The Morgan fingerprint density at radius 3 is 2.59 bits per heavy atom. The Morgan fingerprint density at radius 2 is 1.67 bits per heavy atom. The van der Waals surface area contributed by atoms with Crippen molar-refractivity contribution in [2.24, 2.45) is 0 Å². The first kappa shape index (κ1) is 15.0. The van der Waals surface area contributed by atoms with Gasteiger partial charge in [0.15, 0.2) is 5.52 Å². The largest absolute Gasteiger partial charge is 0.378 e. The van der Waals surface area contributed by atoms with E-state index >= 15 is 0 Å². The molecule has 0 spiro atoms. The van der Waals surface area contributed by atoms with Crippen molar-refractivity contribution in [3.05, 3.63) is 72.9 Å². The molecule has 1 fully saturated rings. The number of anilines is 1. The first-order chi connectivity index (χ1) is 13.4. The molecule has 0 bridgehead atoms. The molecule has 4 nitrogen and oxygen atoms in total. The second kappa shape index (κ2) is 5.69. The fourth-order valence-electron chi connectivity index (χ4n) is 4.31. The number of hydrogen-bond donors (Lipinski definition) is 0. The molecule has 5 aromatic rings. The van der Waals surface area contributed by atoms with Gasteiger partial charge in [-0.25, -0.2) is 0 Å². The molecule has 0 radical (unpaired) electrons. The number of nitrogens with zero attached hydrogens (tertiary/aromatic N) is 3. The third-order valence-corrected chi connectivity index (χ3v) is 5.67. The number of aromatic nitrogens is 2. The SMILES string of the molecule is c1ccc2c(c1)ccc1n3c(ccc4cc(N5CCOCC5)ccc43)c[n+]21. The van der Waals surface area contributed by atoms with Crippen LogP contribution in [0.3, 0.4) is 0 Å². The molecule has 1 aliphatic heterocycles. The lowest BCUT2D eigenvalue weighted by atomic mass is 10.1. The van der Waals surface area contributed by atoms with E-state index in [9.17, 15) is 0 Å². The zero-order valence-corrected chi connectivity index (χ0v) is 15.0. The lowest BCUT2D eigenvalue weighted by Crippen LogP contribution is -2.36. The standard InChI is InChI=1S/C23H20N3O/c1-2-4-21-17(3-1)6-10-23-25(21)16-20-7-5-18-15-19(8-9-22(18)26(20)23)24-11-13-27-14-12-24/h1-10,15-16H,11-14H2/q+1. The van der Waals surface area contributed by atoms with Crippen LogP contribution in [-0.4, -0.2) is 30.7 Å². The predicted octanol–water partition coefficient (Wildman–Crippen LogP) is 3.82. The van der Waals surface area contributed by atoms with E-state index in [1.165, 1.54) is 38.7 Å². The van der Waals surface area contributed by atoms with Gasteiger partial charge in [0.05, 0.1) is 13.2 Å². The van der Waals surface area contributed by atoms with E-state index < -0.39 is 0 Å². The van der Waals surface area contributed by atoms with Gasteiger partial charge in [-0.15, -0.1) is 0 Å². The molecule has 0 atom stereocenters. The maximum Gasteiger partial charge on any atom is 0.292 e. The smallest absolute Gasteiger partial charge is 0.292 e. The highest BCUT2D eigenvalue weighted by molar-refractivity contribution is 5.88. The minimum Gasteiger partial charge on any atom is -0.378 e. The number of pyridine rings is 2. The van der Waals surface area contributed by atoms with Crippen molar-refractivity contribution in [1.82, 2.24) is 4.40 Å². The van der Waals surface area contributed by atoms with E-state index in [4.69, 9.17) is 4.74 Å². The molecular weight excluding hydrogens is 334 g/mol. The number of fused-ring (bicyclic) bond motifs is 7. The molecule has 2 aromatic carbocycles. The van der Waals surface area contributed by atoms with Crippen molar-refractivity contribution in [1.29, 1.82) is 0 Å². The number of hydrogen-bond acceptors (Lipinski definition) is 2. The summed E-state index contributed by atoms with van der Waals surface area (Å²) in [5.41, 5.74) is 6.14. The summed E-state index contributed by atoms with van der Waals surface area (Å²) in [5, 5.41) is 2.52. The lowest BCUT2D eigenvalue weighted by Gasteiger charge is -2.28. The summed E-state index contributed by atoms with van der Waals surface area (Å²) >= 11 is 0. The van der Waals surface area contributed by atoms with Crippen molar-refractivity contribution < 1.29 is 9.14 Å². The van der Waals surface area contributed by atoms with Crippen LogP contribution in [0.2, 0.25) is 0 Å². The summed E-state index contributed by atoms with van der Waals surface area (Å²) in [6.07, 6.45) is 2.23. The number of benzene rings is 2. The third kappa shape index (κ3) is 2.23. The van der Waals surface area contributed by atoms with E-state index in [2.05, 4.69) is 86.6 Å². The highest BCUT2D eigenvalue weighted by atomic mass is 16.5. The summed E-state index contributed by atoms with van der Waals surface area (Å²) in [6.45, 7) is 3.54. The highest BCUT2D eigenvalue weighted by Crippen LogP contribution is 2.26. The first-order valence-electron chi connectivity index (χ1n) is 9.49. The first-order valence-corrected chi connectivity index (χ1v) is 9.49. The Hall–Kier alpha value is -3.11. The molecule has 1 saturated heterocycles. The van der Waals surface area contributed by atoms with Crippen LogP contribution in [0.25, 0.3) is 33.0 Å². The Morgan fingerprint density at radius 1 is 0.815 bits per heavy atom. The van der Waals surface area contributed by atoms with Crippen LogP contribution < -0.4 is 9.30 Å². The molecule has 4 heteroatoms. The van der Waals surface area contributed by atoms with Crippen molar-refractivity contribution in [3.63, 3.8) is 0 Å². The van der Waals surface area contributed by atoms with Gasteiger partial charge in [0.1, 0.15) is 17.2 Å². The van der Waals surface area contributed by atoms with Gasteiger partial charge in [-0.1, -0.05) is 18.2 Å². The summed E-state index contributed by atoms with van der Waals surface area (Å²) in [4.78, 5) is 2.41. The van der Waals surface area contributed by atoms with Gasteiger partial charge in [-0.3, -0.25) is 0 Å². The van der Waals surface area contributed by atoms with E-state index in [1.54, 1.807) is 0 Å². The van der Waals surface area contributed by atoms with Crippen molar-refractivity contribution in [2.75, 3.05) is 31.2 Å². The van der Waals surface area contributed by atoms with Gasteiger partial charge >= 0.3 is 0 Å². The Labute approximate surface area is 156 Å². The molecule has 4 heterocycles. The van der Waals surface area contributed by atoms with Crippen molar-refractivity contribution in [3.8, 4) is 0 Å². The Bertz CT molecular complexity index is 1320. The fraction of sp³-hybridized carbons (Fsp3) is 0.174. The molecule has 0 amide bonds. The second-order valence-corrected chi connectivity index (χ2v) is 7.19. The maximum atomic E-state index is 5.49. The summed E-state index contributed by atoms with van der Waals surface area (Å²) < 4.78 is 10.1. The number of rotatable bonds is 1. The minimum absolute atomic E-state index is 0.809. The molecule has 6 rings (SSSR count). The van der Waals surface area contributed by atoms with Crippen LogP contribution in [0.15, 0.2) is 72.9 Å². The van der Waals surface area contributed by atoms with Gasteiger partial charge in [-0.05, 0) is 42.5 Å². The van der Waals surface area contributed by atoms with E-state index in [0.717, 1.165) is 26.3 Å². The average molecular weight is 354 g/mol. The predicted molar refractivity (Wildman–Crippen MR) is 109 cm³/mol. The third-order valence-electron chi connectivity index (χ3n) is 5.67. The van der Waals surface area contributed by atoms with E-state index in [-0.39, 0.29) is 0 Å². The number of morpholine rings is 1. The van der Waals surface area contributed by atoms with Gasteiger partial charge in [0.2, 0.25) is 0 Å². The van der Waals surface area contributed by atoms with Crippen LogP contribution in [0.5, 0.6) is 0 Å². The maximum absolute atomic E-state index is 5.49.